The van der Waals surface area contributed by atoms with Crippen molar-refractivity contribution < 1.29 is 29.0 Å². The average Bonchev–Trinajstić information content (AvgIpc) is 3.47. The first kappa shape index (κ1) is 24.4. The predicted molar refractivity (Wildman–Crippen MR) is 132 cm³/mol. The monoisotopic (exact) mass is 499 g/mol. The maximum Gasteiger partial charge on any atom is 2.00 e. The molecular weight excluding hydrogens is 483 g/mol. The number of benzene rings is 4. The van der Waals surface area contributed by atoms with Crippen LogP contribution in [0.2, 0.25) is 0 Å². The third kappa shape index (κ3) is 5.20. The van der Waals surface area contributed by atoms with Gasteiger partial charge in [0.15, 0.2) is 0 Å². The summed E-state index contributed by atoms with van der Waals surface area (Å²) < 4.78 is 28.4. The molecule has 9 heteroatoms. The van der Waals surface area contributed by atoms with E-state index in [0.29, 0.717) is 21.1 Å². The molecule has 0 radical (unpaired) electrons. The molecule has 0 aliphatic rings. The van der Waals surface area contributed by atoms with E-state index in [0.717, 1.165) is 20.4 Å². The summed E-state index contributed by atoms with van der Waals surface area (Å²) in [4.78, 5) is 6.26. The van der Waals surface area contributed by atoms with Crippen LogP contribution in [0.25, 0.3) is 41.6 Å². The summed E-state index contributed by atoms with van der Waals surface area (Å²) in [6.45, 7) is 0. The van der Waals surface area contributed by atoms with Gasteiger partial charge >= 0.3 is 10.1 Å². The van der Waals surface area contributed by atoms with Gasteiger partial charge in [0.05, 0.1) is 11.1 Å². The molecule has 6 rings (SSSR count). The van der Waals surface area contributed by atoms with Gasteiger partial charge in [-0.15, -0.1) is 0 Å². The van der Waals surface area contributed by atoms with Crippen LogP contribution in [0.3, 0.4) is 0 Å². The molecule has 0 atom stereocenters. The van der Waals surface area contributed by atoms with E-state index < -0.39 is 11.6 Å². The number of H-pyrrole nitrogens is 2. The SMILES string of the molecule is [Be+2].[O-]c1ccc(F)cc1-c1[nH+]c2ccccc2s1.[O-]c1ccc(F)cc1-c1[nH+]c2ccccc2s1. The molecule has 168 valence electrons. The fraction of sp³-hybridized carbons (Fsp3) is 0. The third-order valence-electron chi connectivity index (χ3n) is 5.07. The molecule has 0 fully saturated rings. The van der Waals surface area contributed by atoms with E-state index in [9.17, 15) is 19.0 Å². The van der Waals surface area contributed by atoms with Gasteiger partial charge in [-0.2, -0.15) is 9.97 Å². The van der Waals surface area contributed by atoms with Crippen molar-refractivity contribution in [3.63, 3.8) is 0 Å². The first-order valence-electron chi connectivity index (χ1n) is 10.2. The zero-order valence-electron chi connectivity index (χ0n) is 18.2. The Morgan fingerprint density at radius 3 is 1.37 bits per heavy atom. The van der Waals surface area contributed by atoms with E-state index in [1.165, 1.54) is 59.1 Å². The smallest absolute Gasteiger partial charge is 0.872 e. The molecule has 4 aromatic carbocycles. The van der Waals surface area contributed by atoms with Crippen LogP contribution in [-0.2, 0) is 0 Å². The van der Waals surface area contributed by atoms with E-state index in [2.05, 4.69) is 9.97 Å². The molecule has 0 saturated carbocycles. The molecule has 0 bridgehead atoms. The largest absolute Gasteiger partial charge is 2.00 e. The van der Waals surface area contributed by atoms with Gasteiger partial charge in [0.1, 0.15) is 21.0 Å². The first-order chi connectivity index (χ1) is 16.5. The van der Waals surface area contributed by atoms with Crippen molar-refractivity contribution in [2.45, 2.75) is 0 Å². The number of aromatic amines is 2. The Hall–Kier alpha value is -3.71. The van der Waals surface area contributed by atoms with Gasteiger partial charge < -0.3 is 10.2 Å². The topological polar surface area (TPSA) is 74.4 Å². The Kier molecular flexibility index (Phi) is 7.17. The van der Waals surface area contributed by atoms with Crippen molar-refractivity contribution >= 4 is 53.2 Å². The van der Waals surface area contributed by atoms with E-state index in [-0.39, 0.29) is 21.6 Å². The second-order valence-electron chi connectivity index (χ2n) is 7.39. The standard InChI is InChI=1S/2C13H8FNOS.Be/c2*14-8-5-6-11(16)9(7-8)13-15-10-3-1-2-4-12(10)17-13;/h2*1-7,16H;/q;;+2. The van der Waals surface area contributed by atoms with Gasteiger partial charge in [-0.25, -0.2) is 8.78 Å². The molecule has 0 spiro atoms. The van der Waals surface area contributed by atoms with Crippen LogP contribution in [0.15, 0.2) is 84.9 Å². The quantitative estimate of drug-likeness (QED) is 0.321. The molecule has 0 unspecified atom stereocenters. The minimum absolute atomic E-state index is 0. The Balaban J connectivity index is 0.000000160. The minimum atomic E-state index is -0.398. The normalized spacial score (nSPS) is 10.6. The van der Waals surface area contributed by atoms with Gasteiger partial charge in [0.25, 0.3) is 10.0 Å². The summed E-state index contributed by atoms with van der Waals surface area (Å²) in [5.41, 5.74) is 2.67. The Bertz CT molecular complexity index is 1450. The maximum atomic E-state index is 13.1. The molecule has 2 heterocycles. The molecule has 0 saturated heterocycles. The van der Waals surface area contributed by atoms with E-state index in [4.69, 9.17) is 0 Å². The van der Waals surface area contributed by atoms with E-state index in [1.807, 2.05) is 48.5 Å². The first-order valence-corrected chi connectivity index (χ1v) is 11.9. The molecule has 2 aromatic heterocycles. The summed E-state index contributed by atoms with van der Waals surface area (Å²) >= 11 is 2.90. The molecule has 35 heavy (non-hydrogen) atoms. The molecule has 4 nitrogen and oxygen atoms in total. The van der Waals surface area contributed by atoms with Gasteiger partial charge in [0, 0.05) is 12.1 Å². The van der Waals surface area contributed by atoms with E-state index in [1.54, 1.807) is 0 Å². The van der Waals surface area contributed by atoms with Crippen LogP contribution in [0.5, 0.6) is 11.5 Å². The summed E-state index contributed by atoms with van der Waals surface area (Å²) in [6, 6.07) is 22.9. The van der Waals surface area contributed by atoms with Crippen molar-refractivity contribution in [2.75, 3.05) is 0 Å². The van der Waals surface area contributed by atoms with Crippen LogP contribution in [-0.4, -0.2) is 10.1 Å². The van der Waals surface area contributed by atoms with Crippen LogP contribution in [0.4, 0.5) is 8.78 Å². The van der Waals surface area contributed by atoms with Crippen molar-refractivity contribution in [3.05, 3.63) is 96.6 Å². The number of hydrogen-bond acceptors (Lipinski definition) is 4. The number of thiazole rings is 2. The Morgan fingerprint density at radius 2 is 0.971 bits per heavy atom. The van der Waals surface area contributed by atoms with Crippen molar-refractivity contribution in [1.29, 1.82) is 0 Å². The van der Waals surface area contributed by atoms with Gasteiger partial charge in [-0.05, 0) is 36.4 Å². The number of hydrogen-bond donors (Lipinski definition) is 0. The van der Waals surface area contributed by atoms with Gasteiger partial charge in [-0.1, -0.05) is 70.6 Å². The summed E-state index contributed by atoms with van der Waals surface area (Å²) in [5.74, 6) is -1.14. The Morgan fingerprint density at radius 1 is 0.571 bits per heavy atom. The molecule has 0 aliphatic carbocycles. The zero-order chi connectivity index (χ0) is 23.7. The average molecular weight is 500 g/mol. The second-order valence-corrected chi connectivity index (χ2v) is 9.49. The van der Waals surface area contributed by atoms with Crippen LogP contribution in [0, 0.1) is 11.6 Å². The summed E-state index contributed by atoms with van der Waals surface area (Å²) in [7, 11) is 0. The number of nitrogens with one attached hydrogen (secondary N) is 2. The number of para-hydroxylation sites is 2. The van der Waals surface area contributed by atoms with Crippen LogP contribution in [0.1, 0.15) is 0 Å². The van der Waals surface area contributed by atoms with Crippen molar-refractivity contribution in [3.8, 4) is 32.6 Å². The number of halogens is 2. The van der Waals surface area contributed by atoms with Gasteiger partial charge in [0.2, 0.25) is 11.0 Å². The summed E-state index contributed by atoms with van der Waals surface area (Å²) in [5, 5.41) is 24.7. The molecule has 0 aliphatic heterocycles. The fourth-order valence-electron chi connectivity index (χ4n) is 3.44. The second kappa shape index (κ2) is 10.3. The molecule has 2 N–H and O–H groups in total. The van der Waals surface area contributed by atoms with Gasteiger partial charge in [-0.3, -0.25) is 0 Å². The zero-order valence-corrected chi connectivity index (χ0v) is 19.8. The number of fused-ring (bicyclic) bond motifs is 2. The van der Waals surface area contributed by atoms with E-state index >= 15 is 0 Å². The van der Waals surface area contributed by atoms with Crippen molar-refractivity contribution in [1.82, 2.24) is 0 Å². The molecule has 0 amide bonds. The van der Waals surface area contributed by atoms with Crippen molar-refractivity contribution in [2.24, 2.45) is 0 Å². The fourth-order valence-corrected chi connectivity index (χ4v) is 5.49. The van der Waals surface area contributed by atoms with Crippen LogP contribution < -0.4 is 20.2 Å². The third-order valence-corrected chi connectivity index (χ3v) is 7.27. The molecular formula is C26H16BeF2N2O2S2+2. The number of aromatic nitrogens is 2. The Labute approximate surface area is 211 Å². The maximum absolute atomic E-state index is 13.1. The minimum Gasteiger partial charge on any atom is -0.872 e. The number of rotatable bonds is 2. The van der Waals surface area contributed by atoms with Crippen LogP contribution >= 0.6 is 22.7 Å². The molecule has 6 aromatic rings. The predicted octanol–water partition coefficient (Wildman–Crippen LogP) is 4.81. The summed E-state index contributed by atoms with van der Waals surface area (Å²) in [6.07, 6.45) is 0.